The molecule has 0 saturated heterocycles. The van der Waals surface area contributed by atoms with Gasteiger partial charge in [-0.3, -0.25) is 10.1 Å². The molecule has 162 valence electrons. The smallest absolute Gasteiger partial charge is 0.257 e. The van der Waals surface area contributed by atoms with Gasteiger partial charge in [0.25, 0.3) is 5.91 Å². The Labute approximate surface area is 191 Å². The number of nitrogens with zero attached hydrogens (tertiary/aromatic N) is 1. The monoisotopic (exact) mass is 445 g/mol. The molecular weight excluding hydrogens is 422 g/mol. The van der Waals surface area contributed by atoms with Gasteiger partial charge in [0, 0.05) is 11.3 Å². The molecule has 0 radical (unpaired) electrons. The first-order valence-corrected chi connectivity index (χ1v) is 10.7. The molecular formula is C25H23N3O3S. The SMILES string of the molecule is CCc1ccc2oc(-c3cc(NC(=S)NC(=O)c4cccc(C)c4)cc(C)c3O)nc2c1. The normalized spacial score (nSPS) is 10.8. The Balaban J connectivity index is 1.58. The van der Waals surface area contributed by atoms with Crippen LogP contribution in [-0.4, -0.2) is 21.1 Å². The molecule has 0 bridgehead atoms. The molecule has 3 aromatic carbocycles. The van der Waals surface area contributed by atoms with Crippen molar-refractivity contribution in [3.05, 3.63) is 76.9 Å². The van der Waals surface area contributed by atoms with E-state index in [0.717, 1.165) is 23.1 Å². The van der Waals surface area contributed by atoms with Crippen LogP contribution in [0.2, 0.25) is 0 Å². The molecule has 0 fully saturated rings. The summed E-state index contributed by atoms with van der Waals surface area (Å²) in [5, 5.41) is 16.5. The minimum absolute atomic E-state index is 0.0764. The van der Waals surface area contributed by atoms with Crippen molar-refractivity contribution in [2.24, 2.45) is 0 Å². The second-order valence-electron chi connectivity index (χ2n) is 7.64. The highest BCUT2D eigenvalue weighted by atomic mass is 32.1. The molecule has 32 heavy (non-hydrogen) atoms. The maximum absolute atomic E-state index is 12.5. The maximum Gasteiger partial charge on any atom is 0.257 e. The van der Waals surface area contributed by atoms with Gasteiger partial charge in [0.1, 0.15) is 11.3 Å². The summed E-state index contributed by atoms with van der Waals surface area (Å²) in [6.45, 7) is 5.77. The van der Waals surface area contributed by atoms with Crippen LogP contribution in [0.5, 0.6) is 5.75 Å². The van der Waals surface area contributed by atoms with Crippen molar-refractivity contribution in [2.45, 2.75) is 27.2 Å². The molecule has 4 aromatic rings. The number of phenols is 1. The van der Waals surface area contributed by atoms with Crippen LogP contribution in [0.4, 0.5) is 5.69 Å². The first kappa shape index (κ1) is 21.5. The van der Waals surface area contributed by atoms with Crippen LogP contribution in [0.1, 0.15) is 34.0 Å². The molecule has 4 rings (SSSR count). The lowest BCUT2D eigenvalue weighted by molar-refractivity contribution is 0.0977. The van der Waals surface area contributed by atoms with Crippen LogP contribution in [0.3, 0.4) is 0 Å². The standard InChI is InChI=1S/C25H23N3O3S/c1-4-16-8-9-21-20(12-16)27-24(31-21)19-13-18(11-15(3)22(19)29)26-25(32)28-23(30)17-7-5-6-14(2)10-17/h5-13,29H,4H2,1-3H3,(H2,26,28,30,32). The predicted octanol–water partition coefficient (Wildman–Crippen LogP) is 5.51. The van der Waals surface area contributed by atoms with Crippen molar-refractivity contribution < 1.29 is 14.3 Å². The molecule has 0 aliphatic carbocycles. The van der Waals surface area contributed by atoms with E-state index in [1.807, 2.05) is 37.3 Å². The number of oxazole rings is 1. The van der Waals surface area contributed by atoms with Gasteiger partial charge in [-0.2, -0.15) is 0 Å². The van der Waals surface area contributed by atoms with Crippen molar-refractivity contribution in [3.63, 3.8) is 0 Å². The lowest BCUT2D eigenvalue weighted by atomic mass is 10.1. The molecule has 0 atom stereocenters. The molecule has 7 heteroatoms. The number of carbonyl (C=O) groups excluding carboxylic acids is 1. The molecule has 0 saturated carbocycles. The topological polar surface area (TPSA) is 87.4 Å². The fourth-order valence-electron chi connectivity index (χ4n) is 3.45. The van der Waals surface area contributed by atoms with E-state index in [1.54, 1.807) is 31.2 Å². The van der Waals surface area contributed by atoms with Crippen LogP contribution in [0, 0.1) is 13.8 Å². The number of fused-ring (bicyclic) bond motifs is 1. The minimum atomic E-state index is -0.299. The number of aromatic nitrogens is 1. The number of anilines is 1. The molecule has 0 aliphatic heterocycles. The first-order chi connectivity index (χ1) is 15.3. The van der Waals surface area contributed by atoms with Crippen LogP contribution >= 0.6 is 12.2 Å². The van der Waals surface area contributed by atoms with Gasteiger partial charge in [0.05, 0.1) is 5.56 Å². The number of aromatic hydroxyl groups is 1. The van der Waals surface area contributed by atoms with Gasteiger partial charge in [-0.25, -0.2) is 4.98 Å². The lowest BCUT2D eigenvalue weighted by Crippen LogP contribution is -2.34. The third-order valence-corrected chi connectivity index (χ3v) is 5.36. The minimum Gasteiger partial charge on any atom is -0.507 e. The number of benzene rings is 3. The lowest BCUT2D eigenvalue weighted by Gasteiger charge is -2.13. The Hall–Kier alpha value is -3.71. The van der Waals surface area contributed by atoms with Crippen molar-refractivity contribution >= 4 is 40.0 Å². The van der Waals surface area contributed by atoms with Crippen molar-refractivity contribution in [3.8, 4) is 17.2 Å². The van der Waals surface area contributed by atoms with Gasteiger partial charge in [-0.1, -0.05) is 30.7 Å². The second-order valence-corrected chi connectivity index (χ2v) is 8.05. The van der Waals surface area contributed by atoms with Crippen molar-refractivity contribution in [1.29, 1.82) is 0 Å². The number of amides is 1. The second kappa shape index (κ2) is 8.80. The summed E-state index contributed by atoms with van der Waals surface area (Å²) in [7, 11) is 0. The van der Waals surface area contributed by atoms with E-state index < -0.39 is 0 Å². The Morgan fingerprint density at radius 3 is 2.69 bits per heavy atom. The zero-order valence-corrected chi connectivity index (χ0v) is 18.8. The third-order valence-electron chi connectivity index (χ3n) is 5.16. The van der Waals surface area contributed by atoms with Crippen molar-refractivity contribution in [1.82, 2.24) is 10.3 Å². The maximum atomic E-state index is 12.5. The molecule has 0 aliphatic rings. The largest absolute Gasteiger partial charge is 0.507 e. The number of phenolic OH excluding ortho intramolecular Hbond substituents is 1. The predicted molar refractivity (Wildman–Crippen MR) is 130 cm³/mol. The van der Waals surface area contributed by atoms with Gasteiger partial charge >= 0.3 is 0 Å². The number of nitrogens with one attached hydrogen (secondary N) is 2. The summed E-state index contributed by atoms with van der Waals surface area (Å²) in [4.78, 5) is 17.0. The van der Waals surface area contributed by atoms with Gasteiger partial charge in [-0.05, 0) is 80.0 Å². The molecule has 6 nitrogen and oxygen atoms in total. The summed E-state index contributed by atoms with van der Waals surface area (Å²) in [5.41, 5.74) is 5.70. The summed E-state index contributed by atoms with van der Waals surface area (Å²) < 4.78 is 5.88. The highest BCUT2D eigenvalue weighted by Gasteiger charge is 2.17. The number of aryl methyl sites for hydroxylation is 3. The quantitative estimate of drug-likeness (QED) is 0.284. The van der Waals surface area contributed by atoms with Gasteiger partial charge in [0.2, 0.25) is 5.89 Å². The molecule has 1 amide bonds. The summed E-state index contributed by atoms with van der Waals surface area (Å²) >= 11 is 5.32. The van der Waals surface area contributed by atoms with Gasteiger partial charge < -0.3 is 14.8 Å². The number of carbonyl (C=O) groups is 1. The van der Waals surface area contributed by atoms with E-state index in [4.69, 9.17) is 16.6 Å². The fraction of sp³-hybridized carbons (Fsp3) is 0.160. The number of rotatable bonds is 4. The Morgan fingerprint density at radius 1 is 1.12 bits per heavy atom. The Bertz CT molecular complexity index is 1340. The number of thiocarbonyl (C=S) groups is 1. The van der Waals surface area contributed by atoms with Gasteiger partial charge in [-0.15, -0.1) is 0 Å². The summed E-state index contributed by atoms with van der Waals surface area (Å²) in [5.74, 6) is 0.0901. The van der Waals surface area contributed by atoms with E-state index in [1.165, 1.54) is 0 Å². The average molecular weight is 446 g/mol. The zero-order chi connectivity index (χ0) is 22.8. The van der Waals surface area contributed by atoms with Crippen molar-refractivity contribution in [2.75, 3.05) is 5.32 Å². The summed E-state index contributed by atoms with van der Waals surface area (Å²) in [6.07, 6.45) is 0.896. The van der Waals surface area contributed by atoms with Crippen LogP contribution in [-0.2, 0) is 6.42 Å². The summed E-state index contributed by atoms with van der Waals surface area (Å²) in [6, 6.07) is 16.5. The highest BCUT2D eigenvalue weighted by molar-refractivity contribution is 7.80. The van der Waals surface area contributed by atoms with E-state index in [9.17, 15) is 9.90 Å². The number of hydrogen-bond donors (Lipinski definition) is 3. The molecule has 0 spiro atoms. The third kappa shape index (κ3) is 4.48. The fourth-order valence-corrected chi connectivity index (χ4v) is 3.66. The van der Waals surface area contributed by atoms with E-state index in [2.05, 4.69) is 22.5 Å². The highest BCUT2D eigenvalue weighted by Crippen LogP contribution is 2.36. The Kier molecular flexibility index (Phi) is 5.92. The average Bonchev–Trinajstić information content (AvgIpc) is 3.19. The first-order valence-electron chi connectivity index (χ1n) is 10.3. The zero-order valence-electron chi connectivity index (χ0n) is 18.0. The molecule has 1 aromatic heterocycles. The van der Waals surface area contributed by atoms with Gasteiger partial charge in [0.15, 0.2) is 10.7 Å². The van der Waals surface area contributed by atoms with E-state index in [-0.39, 0.29) is 16.8 Å². The number of hydrogen-bond acceptors (Lipinski definition) is 5. The van der Waals surface area contributed by atoms with Crippen LogP contribution < -0.4 is 10.6 Å². The Morgan fingerprint density at radius 2 is 1.94 bits per heavy atom. The van der Waals surface area contributed by atoms with E-state index in [0.29, 0.717) is 33.9 Å². The molecule has 3 N–H and O–H groups in total. The molecule has 1 heterocycles. The van der Waals surface area contributed by atoms with Crippen LogP contribution in [0.25, 0.3) is 22.6 Å². The van der Waals surface area contributed by atoms with Crippen LogP contribution in [0.15, 0.2) is 59.0 Å². The molecule has 0 unspecified atom stereocenters. The van der Waals surface area contributed by atoms with E-state index >= 15 is 0 Å².